The minimum absolute atomic E-state index is 0.0123. The molecule has 1 aromatic heterocycles. The maximum atomic E-state index is 12.5. The fourth-order valence-electron chi connectivity index (χ4n) is 3.96. The van der Waals surface area contributed by atoms with Gasteiger partial charge in [-0.1, -0.05) is 12.1 Å². The van der Waals surface area contributed by atoms with E-state index in [0.29, 0.717) is 36.3 Å². The van der Waals surface area contributed by atoms with Crippen LogP contribution in [0.1, 0.15) is 50.3 Å². The summed E-state index contributed by atoms with van der Waals surface area (Å²) in [4.78, 5) is 52.4. The first-order valence-corrected chi connectivity index (χ1v) is 10.1. The van der Waals surface area contributed by atoms with Gasteiger partial charge in [-0.15, -0.1) is 0 Å². The number of benzene rings is 1. The summed E-state index contributed by atoms with van der Waals surface area (Å²) < 4.78 is 4.87. The predicted octanol–water partition coefficient (Wildman–Crippen LogP) is 1.93. The zero-order valence-corrected chi connectivity index (χ0v) is 16.5. The Kier molecular flexibility index (Phi) is 5.65. The number of rotatable bonds is 6. The van der Waals surface area contributed by atoms with Crippen molar-refractivity contribution in [1.82, 2.24) is 15.1 Å². The summed E-state index contributed by atoms with van der Waals surface area (Å²) in [5.74, 6) is -0.570. The number of piperidine rings is 1. The van der Waals surface area contributed by atoms with Crippen LogP contribution in [0.3, 0.4) is 0 Å². The van der Waals surface area contributed by atoms with Gasteiger partial charge in [0.2, 0.25) is 5.91 Å². The highest BCUT2D eigenvalue weighted by Crippen LogP contribution is 2.26. The largest absolute Gasteiger partial charge is 0.472 e. The van der Waals surface area contributed by atoms with Gasteiger partial charge in [-0.05, 0) is 37.0 Å². The average molecular weight is 409 g/mol. The Labute approximate surface area is 173 Å². The molecule has 1 aromatic carbocycles. The molecule has 0 aliphatic carbocycles. The van der Waals surface area contributed by atoms with Gasteiger partial charge in [-0.25, -0.2) is 0 Å². The molecule has 0 radical (unpaired) electrons. The molecule has 4 amide bonds. The van der Waals surface area contributed by atoms with Crippen molar-refractivity contribution in [2.45, 2.75) is 19.3 Å². The number of furan rings is 1. The molecule has 8 nitrogen and oxygen atoms in total. The van der Waals surface area contributed by atoms with Gasteiger partial charge in [0.15, 0.2) is 0 Å². The number of hydrogen-bond donors (Lipinski definition) is 1. The Bertz CT molecular complexity index is 926. The van der Waals surface area contributed by atoms with Crippen LogP contribution in [0.15, 0.2) is 47.3 Å². The van der Waals surface area contributed by atoms with Crippen molar-refractivity contribution in [2.75, 3.05) is 26.2 Å². The SMILES string of the molecule is O=C(NCCC(=O)N1CCC(CN2C(=O)c3ccccc3C2=O)CC1)c1ccoc1. The minimum Gasteiger partial charge on any atom is -0.472 e. The summed E-state index contributed by atoms with van der Waals surface area (Å²) >= 11 is 0. The van der Waals surface area contributed by atoms with Gasteiger partial charge in [0, 0.05) is 32.6 Å². The van der Waals surface area contributed by atoms with E-state index in [2.05, 4.69) is 5.32 Å². The van der Waals surface area contributed by atoms with Crippen molar-refractivity contribution in [1.29, 1.82) is 0 Å². The maximum Gasteiger partial charge on any atom is 0.261 e. The molecule has 1 saturated heterocycles. The van der Waals surface area contributed by atoms with Crippen LogP contribution >= 0.6 is 0 Å². The molecule has 1 fully saturated rings. The molecule has 0 spiro atoms. The van der Waals surface area contributed by atoms with Crippen LogP contribution in [0, 0.1) is 5.92 Å². The normalized spacial score (nSPS) is 16.7. The van der Waals surface area contributed by atoms with E-state index in [4.69, 9.17) is 4.42 Å². The summed E-state index contributed by atoms with van der Waals surface area (Å²) in [7, 11) is 0. The van der Waals surface area contributed by atoms with Crippen LogP contribution in [-0.4, -0.2) is 59.6 Å². The van der Waals surface area contributed by atoms with Gasteiger partial charge >= 0.3 is 0 Å². The third-order valence-corrected chi connectivity index (χ3v) is 5.69. The smallest absolute Gasteiger partial charge is 0.261 e. The van der Waals surface area contributed by atoms with Gasteiger partial charge in [0.05, 0.1) is 23.0 Å². The van der Waals surface area contributed by atoms with Crippen molar-refractivity contribution < 1.29 is 23.6 Å². The second-order valence-corrected chi connectivity index (χ2v) is 7.61. The summed E-state index contributed by atoms with van der Waals surface area (Å²) in [6.07, 6.45) is 4.48. The van der Waals surface area contributed by atoms with E-state index in [1.54, 1.807) is 35.2 Å². The average Bonchev–Trinajstić information content (AvgIpc) is 3.38. The highest BCUT2D eigenvalue weighted by Gasteiger charge is 2.37. The molecular weight excluding hydrogens is 386 g/mol. The first-order valence-electron chi connectivity index (χ1n) is 10.1. The second-order valence-electron chi connectivity index (χ2n) is 7.61. The number of imide groups is 1. The van der Waals surface area contributed by atoms with Crippen molar-refractivity contribution in [3.63, 3.8) is 0 Å². The molecule has 2 aliphatic rings. The fraction of sp³-hybridized carbons (Fsp3) is 0.364. The van der Waals surface area contributed by atoms with Crippen LogP contribution < -0.4 is 5.32 Å². The van der Waals surface area contributed by atoms with Gasteiger partial charge < -0.3 is 14.6 Å². The van der Waals surface area contributed by atoms with Gasteiger partial charge in [-0.3, -0.25) is 24.1 Å². The monoisotopic (exact) mass is 409 g/mol. The molecule has 0 saturated carbocycles. The van der Waals surface area contributed by atoms with Crippen molar-refractivity contribution in [3.8, 4) is 0 Å². The molecule has 4 rings (SSSR count). The molecule has 3 heterocycles. The lowest BCUT2D eigenvalue weighted by molar-refractivity contribution is -0.132. The van der Waals surface area contributed by atoms with Gasteiger partial charge in [0.1, 0.15) is 6.26 Å². The van der Waals surface area contributed by atoms with Crippen molar-refractivity contribution in [2.24, 2.45) is 5.92 Å². The topological polar surface area (TPSA) is 99.9 Å². The lowest BCUT2D eigenvalue weighted by atomic mass is 9.96. The number of carbonyl (C=O) groups excluding carboxylic acids is 4. The number of amides is 4. The number of hydrogen-bond acceptors (Lipinski definition) is 5. The van der Waals surface area contributed by atoms with Crippen molar-refractivity contribution >= 4 is 23.6 Å². The van der Waals surface area contributed by atoms with E-state index < -0.39 is 0 Å². The Morgan fingerprint density at radius 2 is 1.70 bits per heavy atom. The van der Waals surface area contributed by atoms with E-state index in [-0.39, 0.29) is 42.5 Å². The number of likely N-dealkylation sites (tertiary alicyclic amines) is 1. The third-order valence-electron chi connectivity index (χ3n) is 5.69. The molecular formula is C22H23N3O5. The Morgan fingerprint density at radius 1 is 1.03 bits per heavy atom. The Balaban J connectivity index is 1.21. The molecule has 0 atom stereocenters. The summed E-state index contributed by atoms with van der Waals surface area (Å²) in [5, 5.41) is 2.70. The highest BCUT2D eigenvalue weighted by molar-refractivity contribution is 6.21. The third kappa shape index (κ3) is 3.98. The zero-order valence-electron chi connectivity index (χ0n) is 16.5. The molecule has 8 heteroatoms. The van der Waals surface area contributed by atoms with Crippen LogP contribution in [-0.2, 0) is 4.79 Å². The van der Waals surface area contributed by atoms with E-state index in [0.717, 1.165) is 12.8 Å². The summed E-state index contributed by atoms with van der Waals surface area (Å²) in [6.45, 7) is 1.82. The lowest BCUT2D eigenvalue weighted by Gasteiger charge is -2.33. The number of carbonyl (C=O) groups is 4. The fourth-order valence-corrected chi connectivity index (χ4v) is 3.96. The van der Waals surface area contributed by atoms with Gasteiger partial charge in [0.25, 0.3) is 17.7 Å². The molecule has 1 N–H and O–H groups in total. The number of nitrogens with zero attached hydrogens (tertiary/aromatic N) is 2. The molecule has 156 valence electrons. The van der Waals surface area contributed by atoms with E-state index in [1.165, 1.54) is 17.4 Å². The molecule has 2 aliphatic heterocycles. The molecule has 0 bridgehead atoms. The van der Waals surface area contributed by atoms with Crippen LogP contribution in [0.2, 0.25) is 0 Å². The summed E-state index contributed by atoms with van der Waals surface area (Å²) in [6, 6.07) is 8.45. The van der Waals surface area contributed by atoms with Gasteiger partial charge in [-0.2, -0.15) is 0 Å². The minimum atomic E-state index is -0.267. The Hall–Kier alpha value is -3.42. The van der Waals surface area contributed by atoms with E-state index >= 15 is 0 Å². The van der Waals surface area contributed by atoms with E-state index in [9.17, 15) is 19.2 Å². The first-order chi connectivity index (χ1) is 14.5. The maximum absolute atomic E-state index is 12.5. The second kappa shape index (κ2) is 8.52. The number of nitrogens with one attached hydrogen (secondary N) is 1. The zero-order chi connectivity index (χ0) is 21.1. The lowest BCUT2D eigenvalue weighted by Crippen LogP contribution is -2.43. The molecule has 30 heavy (non-hydrogen) atoms. The summed E-state index contributed by atoms with van der Waals surface area (Å²) in [5.41, 5.74) is 1.36. The number of fused-ring (bicyclic) bond motifs is 1. The molecule has 2 aromatic rings. The highest BCUT2D eigenvalue weighted by atomic mass is 16.3. The standard InChI is InChI=1S/C22H23N3O5/c26-19(5-9-23-20(27)16-8-12-30-14-16)24-10-6-15(7-11-24)13-25-21(28)17-3-1-2-4-18(17)22(25)29/h1-4,8,12,14-15H,5-7,9-11,13H2,(H,23,27). The first kappa shape index (κ1) is 19.9. The van der Waals surface area contributed by atoms with E-state index in [1.807, 2.05) is 0 Å². The van der Waals surface area contributed by atoms with Crippen LogP contribution in [0.4, 0.5) is 0 Å². The molecule has 0 unspecified atom stereocenters. The van der Waals surface area contributed by atoms with Crippen LogP contribution in [0.25, 0.3) is 0 Å². The van der Waals surface area contributed by atoms with Crippen molar-refractivity contribution in [3.05, 3.63) is 59.5 Å². The Morgan fingerprint density at radius 3 is 2.30 bits per heavy atom. The predicted molar refractivity (Wildman–Crippen MR) is 107 cm³/mol. The van der Waals surface area contributed by atoms with Crippen LogP contribution in [0.5, 0.6) is 0 Å². The quantitative estimate of drug-likeness (QED) is 0.735.